The van der Waals surface area contributed by atoms with Crippen LogP contribution in [-0.2, 0) is 9.59 Å². The van der Waals surface area contributed by atoms with Crippen molar-refractivity contribution in [3.63, 3.8) is 0 Å². The van der Waals surface area contributed by atoms with Gasteiger partial charge in [0.2, 0.25) is 5.91 Å². The first kappa shape index (κ1) is 16.8. The van der Waals surface area contributed by atoms with E-state index in [0.29, 0.717) is 18.0 Å². The molecule has 7 nitrogen and oxygen atoms in total. The zero-order chi connectivity index (χ0) is 16.2. The van der Waals surface area contributed by atoms with Gasteiger partial charge in [0.1, 0.15) is 11.9 Å². The molecule has 2 N–H and O–H groups in total. The van der Waals surface area contributed by atoms with Crippen molar-refractivity contribution in [3.8, 4) is 0 Å². The fraction of sp³-hybridized carbons (Fsp3) is 0.714. The minimum Gasteiger partial charge on any atom is -0.480 e. The number of amides is 1. The summed E-state index contributed by atoms with van der Waals surface area (Å²) in [7, 11) is 0. The van der Waals surface area contributed by atoms with Crippen LogP contribution in [0.1, 0.15) is 52.0 Å². The van der Waals surface area contributed by atoms with Crippen molar-refractivity contribution in [3.05, 3.63) is 6.33 Å². The molecule has 2 rings (SSSR count). The van der Waals surface area contributed by atoms with E-state index in [1.54, 1.807) is 6.33 Å². The number of carbonyl (C=O) groups is 2. The molecule has 1 saturated carbocycles. The molecule has 1 aromatic rings. The number of aliphatic carboxylic acids is 1. The summed E-state index contributed by atoms with van der Waals surface area (Å²) in [6, 6.07) is 0.212. The third-order valence-corrected chi connectivity index (χ3v) is 4.88. The van der Waals surface area contributed by atoms with Gasteiger partial charge in [0.25, 0.3) is 0 Å². The smallest absolute Gasteiger partial charge is 0.329 e. The van der Waals surface area contributed by atoms with Crippen LogP contribution in [0.4, 0.5) is 0 Å². The Labute approximate surface area is 133 Å². The minimum atomic E-state index is -1.10. The predicted molar refractivity (Wildman–Crippen MR) is 82.7 cm³/mol. The Hall–Kier alpha value is -1.57. The lowest BCUT2D eigenvalue weighted by Gasteiger charge is -2.33. The molecule has 0 aliphatic heterocycles. The topological polar surface area (TPSA) is 97.1 Å². The first-order valence-corrected chi connectivity index (χ1v) is 8.50. The highest BCUT2D eigenvalue weighted by atomic mass is 32.2. The number of aromatic nitrogens is 3. The van der Waals surface area contributed by atoms with E-state index in [2.05, 4.69) is 15.5 Å². The van der Waals surface area contributed by atoms with E-state index < -0.39 is 11.5 Å². The molecule has 0 unspecified atom stereocenters. The van der Waals surface area contributed by atoms with E-state index in [1.165, 1.54) is 11.8 Å². The summed E-state index contributed by atoms with van der Waals surface area (Å²) in [4.78, 5) is 23.7. The SMILES string of the molecule is CC(C)n1cnnc1SCC(=O)NC1(C(=O)O)CCCCC1. The molecule has 0 aromatic carbocycles. The third-order valence-electron chi connectivity index (χ3n) is 3.92. The maximum atomic E-state index is 12.1. The van der Waals surface area contributed by atoms with Gasteiger partial charge in [0.05, 0.1) is 5.75 Å². The third kappa shape index (κ3) is 3.79. The predicted octanol–water partition coefficient (Wildman–Crippen LogP) is 1.85. The number of nitrogens with one attached hydrogen (secondary N) is 1. The number of nitrogens with zero attached hydrogens (tertiary/aromatic N) is 3. The Morgan fingerprint density at radius 2 is 2.09 bits per heavy atom. The Balaban J connectivity index is 1.94. The fourth-order valence-corrected chi connectivity index (χ4v) is 3.51. The fourth-order valence-electron chi connectivity index (χ4n) is 2.67. The molecule has 0 radical (unpaired) electrons. The summed E-state index contributed by atoms with van der Waals surface area (Å²) in [5.41, 5.74) is -1.10. The second-order valence-electron chi connectivity index (χ2n) is 5.90. The molecule has 1 heterocycles. The van der Waals surface area contributed by atoms with Crippen LogP contribution in [0.2, 0.25) is 0 Å². The van der Waals surface area contributed by atoms with Gasteiger partial charge in [-0.2, -0.15) is 0 Å². The molecular formula is C14H22N4O3S. The van der Waals surface area contributed by atoms with Crippen LogP contribution in [0.25, 0.3) is 0 Å². The van der Waals surface area contributed by atoms with Crippen molar-refractivity contribution in [2.75, 3.05) is 5.75 Å². The highest BCUT2D eigenvalue weighted by Crippen LogP contribution is 2.29. The molecule has 8 heteroatoms. The molecule has 0 bridgehead atoms. The van der Waals surface area contributed by atoms with Crippen molar-refractivity contribution in [1.29, 1.82) is 0 Å². The van der Waals surface area contributed by atoms with Gasteiger partial charge in [-0.1, -0.05) is 31.0 Å². The van der Waals surface area contributed by atoms with Gasteiger partial charge in [-0.25, -0.2) is 4.79 Å². The van der Waals surface area contributed by atoms with Gasteiger partial charge in [-0.3, -0.25) is 4.79 Å². The van der Waals surface area contributed by atoms with Crippen molar-refractivity contribution in [2.24, 2.45) is 0 Å². The van der Waals surface area contributed by atoms with Gasteiger partial charge in [0, 0.05) is 6.04 Å². The number of rotatable bonds is 6. The number of carbonyl (C=O) groups excluding carboxylic acids is 1. The second kappa shape index (κ2) is 7.13. The number of hydrogen-bond acceptors (Lipinski definition) is 5. The van der Waals surface area contributed by atoms with E-state index in [4.69, 9.17) is 0 Å². The average molecular weight is 326 g/mol. The number of thioether (sulfide) groups is 1. The lowest BCUT2D eigenvalue weighted by atomic mass is 9.81. The molecule has 1 aliphatic rings. The van der Waals surface area contributed by atoms with E-state index in [-0.39, 0.29) is 17.7 Å². The highest BCUT2D eigenvalue weighted by molar-refractivity contribution is 7.99. The molecule has 1 aliphatic carbocycles. The average Bonchev–Trinajstić information content (AvgIpc) is 2.94. The van der Waals surface area contributed by atoms with Crippen molar-refractivity contribution < 1.29 is 14.7 Å². The minimum absolute atomic E-state index is 0.139. The first-order chi connectivity index (χ1) is 10.4. The van der Waals surface area contributed by atoms with Gasteiger partial charge < -0.3 is 15.0 Å². The van der Waals surface area contributed by atoms with E-state index >= 15 is 0 Å². The highest BCUT2D eigenvalue weighted by Gasteiger charge is 2.40. The standard InChI is InChI=1S/C14H22N4O3S/c1-10(2)18-9-15-17-13(18)22-8-11(19)16-14(12(20)21)6-4-3-5-7-14/h9-10H,3-8H2,1-2H3,(H,16,19)(H,20,21). The Kier molecular flexibility index (Phi) is 5.44. The largest absolute Gasteiger partial charge is 0.480 e. The van der Waals surface area contributed by atoms with Crippen LogP contribution in [0, 0.1) is 0 Å². The van der Waals surface area contributed by atoms with E-state index in [9.17, 15) is 14.7 Å². The molecular weight excluding hydrogens is 304 g/mol. The molecule has 1 amide bonds. The lowest BCUT2D eigenvalue weighted by Crippen LogP contribution is -2.56. The van der Waals surface area contributed by atoms with Crippen LogP contribution in [-0.4, -0.2) is 43.0 Å². The molecule has 1 fully saturated rings. The molecule has 122 valence electrons. The maximum Gasteiger partial charge on any atom is 0.329 e. The van der Waals surface area contributed by atoms with Crippen molar-refractivity contribution >= 4 is 23.6 Å². The molecule has 1 aromatic heterocycles. The summed E-state index contributed by atoms with van der Waals surface area (Å²) >= 11 is 1.27. The number of carboxylic acid groups (broad SMARTS) is 1. The first-order valence-electron chi connectivity index (χ1n) is 7.51. The number of hydrogen-bond donors (Lipinski definition) is 2. The molecule has 0 saturated heterocycles. The lowest BCUT2D eigenvalue weighted by molar-refractivity contribution is -0.148. The maximum absolute atomic E-state index is 12.1. The van der Waals surface area contributed by atoms with Crippen LogP contribution in [0.15, 0.2) is 11.5 Å². The van der Waals surface area contributed by atoms with Gasteiger partial charge >= 0.3 is 5.97 Å². The van der Waals surface area contributed by atoms with Gasteiger partial charge in [-0.05, 0) is 26.7 Å². The van der Waals surface area contributed by atoms with E-state index in [0.717, 1.165) is 19.3 Å². The zero-order valence-electron chi connectivity index (χ0n) is 12.9. The van der Waals surface area contributed by atoms with Crippen LogP contribution < -0.4 is 5.32 Å². The quantitative estimate of drug-likeness (QED) is 0.774. The van der Waals surface area contributed by atoms with Crippen LogP contribution >= 0.6 is 11.8 Å². The zero-order valence-corrected chi connectivity index (χ0v) is 13.7. The molecule has 0 atom stereocenters. The summed E-state index contributed by atoms with van der Waals surface area (Å²) in [5, 5.41) is 20.7. The summed E-state index contributed by atoms with van der Waals surface area (Å²) in [6.07, 6.45) is 5.33. The van der Waals surface area contributed by atoms with Gasteiger partial charge in [0.15, 0.2) is 5.16 Å². The summed E-state index contributed by atoms with van der Waals surface area (Å²) in [6.45, 7) is 4.02. The van der Waals surface area contributed by atoms with Crippen molar-refractivity contribution in [1.82, 2.24) is 20.1 Å². The molecule has 0 spiro atoms. The Morgan fingerprint density at radius 1 is 1.41 bits per heavy atom. The number of carboxylic acids is 1. The van der Waals surface area contributed by atoms with E-state index in [1.807, 2.05) is 18.4 Å². The summed E-state index contributed by atoms with van der Waals surface area (Å²) in [5.74, 6) is -1.07. The Morgan fingerprint density at radius 3 is 2.68 bits per heavy atom. The second-order valence-corrected chi connectivity index (χ2v) is 6.84. The Bertz CT molecular complexity index is 538. The van der Waals surface area contributed by atoms with Crippen LogP contribution in [0.3, 0.4) is 0 Å². The van der Waals surface area contributed by atoms with Crippen LogP contribution in [0.5, 0.6) is 0 Å². The van der Waals surface area contributed by atoms with Crippen molar-refractivity contribution in [2.45, 2.75) is 62.7 Å². The molecule has 22 heavy (non-hydrogen) atoms. The normalized spacial score (nSPS) is 17.4. The van der Waals surface area contributed by atoms with Gasteiger partial charge in [-0.15, -0.1) is 10.2 Å². The monoisotopic (exact) mass is 326 g/mol. The summed E-state index contributed by atoms with van der Waals surface area (Å²) < 4.78 is 1.88.